The molecule has 0 radical (unpaired) electrons. The van der Waals surface area contributed by atoms with Crippen molar-refractivity contribution in [1.82, 2.24) is 29.0 Å². The lowest BCUT2D eigenvalue weighted by molar-refractivity contribution is -0.140. The summed E-state index contributed by atoms with van der Waals surface area (Å²) < 4.78 is 3.58. The molecule has 1 fully saturated rings. The summed E-state index contributed by atoms with van der Waals surface area (Å²) in [6, 6.07) is 19.7. The van der Waals surface area contributed by atoms with Crippen molar-refractivity contribution in [2.45, 2.75) is 12.5 Å². The summed E-state index contributed by atoms with van der Waals surface area (Å²) in [5, 5.41) is 24.5. The predicted molar refractivity (Wildman–Crippen MR) is 150 cm³/mol. The number of carbonyl (C=O) groups is 1. The Morgan fingerprint density at radius 3 is 2.45 bits per heavy atom. The average Bonchev–Trinajstić information content (AvgIpc) is 3.63. The molecule has 1 aromatic carbocycles. The number of nitriles is 1. The van der Waals surface area contributed by atoms with Crippen molar-refractivity contribution in [1.29, 1.82) is 5.26 Å². The molecule has 1 saturated heterocycles. The Kier molecular flexibility index (Phi) is 6.72. The summed E-state index contributed by atoms with van der Waals surface area (Å²) in [4.78, 5) is 25.9. The molecule has 1 aliphatic heterocycles. The second kappa shape index (κ2) is 10.6. The predicted octanol–water partition coefficient (Wildman–Crippen LogP) is 2.92. The smallest absolute Gasteiger partial charge is 0.251 e. The highest BCUT2D eigenvalue weighted by molar-refractivity contribution is 5.81. The number of rotatable bonds is 6. The van der Waals surface area contributed by atoms with E-state index < -0.39 is 6.10 Å². The first-order valence-electron chi connectivity index (χ1n) is 13.1. The molecule has 1 atom stereocenters. The molecule has 6 rings (SSSR count). The van der Waals surface area contributed by atoms with Crippen LogP contribution < -0.4 is 4.90 Å². The molecule has 10 heteroatoms. The Labute approximate surface area is 231 Å². The highest BCUT2D eigenvalue weighted by atomic mass is 16.3. The molecule has 10 nitrogen and oxygen atoms in total. The van der Waals surface area contributed by atoms with E-state index in [1.807, 2.05) is 72.2 Å². The van der Waals surface area contributed by atoms with E-state index in [-0.39, 0.29) is 5.91 Å². The molecule has 200 valence electrons. The molecule has 40 heavy (non-hydrogen) atoms. The van der Waals surface area contributed by atoms with Crippen LogP contribution in [0.2, 0.25) is 0 Å². The Morgan fingerprint density at radius 2 is 1.77 bits per heavy atom. The van der Waals surface area contributed by atoms with Gasteiger partial charge in [-0.2, -0.15) is 10.4 Å². The number of amides is 1. The Balaban J connectivity index is 1.18. The van der Waals surface area contributed by atoms with Crippen LogP contribution >= 0.6 is 0 Å². The van der Waals surface area contributed by atoms with Gasteiger partial charge < -0.3 is 14.9 Å². The van der Waals surface area contributed by atoms with Gasteiger partial charge in [0.2, 0.25) is 0 Å². The first-order valence-corrected chi connectivity index (χ1v) is 13.1. The first kappa shape index (κ1) is 25.3. The number of aliphatic hydroxyl groups excluding tert-OH is 1. The van der Waals surface area contributed by atoms with Gasteiger partial charge in [0.1, 0.15) is 29.3 Å². The van der Waals surface area contributed by atoms with Gasteiger partial charge in [-0.3, -0.25) is 13.9 Å². The second-order valence-electron chi connectivity index (χ2n) is 9.90. The first-order chi connectivity index (χ1) is 19.5. The number of piperazine rings is 1. The fourth-order valence-corrected chi connectivity index (χ4v) is 5.16. The van der Waals surface area contributed by atoms with Gasteiger partial charge in [-0.15, -0.1) is 0 Å². The van der Waals surface area contributed by atoms with Crippen LogP contribution in [0.5, 0.6) is 0 Å². The van der Waals surface area contributed by atoms with Gasteiger partial charge in [0, 0.05) is 63.2 Å². The van der Waals surface area contributed by atoms with Crippen LogP contribution in [0.1, 0.15) is 11.3 Å². The third-order valence-electron chi connectivity index (χ3n) is 7.28. The minimum absolute atomic E-state index is 0.238. The van der Waals surface area contributed by atoms with Crippen LogP contribution in [0.25, 0.3) is 28.0 Å². The number of hydrogen-bond acceptors (Lipinski definition) is 7. The molecule has 0 aliphatic carbocycles. The zero-order valence-corrected chi connectivity index (χ0v) is 22.1. The summed E-state index contributed by atoms with van der Waals surface area (Å²) in [6.45, 7) is 2.28. The van der Waals surface area contributed by atoms with Crippen molar-refractivity contribution in [3.8, 4) is 28.5 Å². The average molecular weight is 533 g/mol. The van der Waals surface area contributed by atoms with Gasteiger partial charge in [-0.1, -0.05) is 30.3 Å². The van der Waals surface area contributed by atoms with Crippen LogP contribution in [-0.2, 0) is 18.3 Å². The van der Waals surface area contributed by atoms with Gasteiger partial charge in [0.25, 0.3) is 5.91 Å². The standard InChI is InChI=1S/C30H28N8O2/c1-35-20-24(18-34-35)23-14-26(38-25(16-31)19-33-29(38)15-23)22-7-8-28(32-17-22)36-9-11-37(12-10-36)30(40)27(39)13-21-5-3-2-4-6-21/h2-8,14-15,17-20,27,39H,9-13H2,1H3/t27-/m1/s1. The zero-order chi connectivity index (χ0) is 27.6. The van der Waals surface area contributed by atoms with Gasteiger partial charge in [-0.25, -0.2) is 9.97 Å². The SMILES string of the molecule is Cn1cc(-c2cc(-c3ccc(N4CCN(C(=O)[C@H](O)Cc5ccccc5)CC4)nc3)n3c(C#N)cnc3c2)cn1. The minimum atomic E-state index is -1.05. The van der Waals surface area contributed by atoms with E-state index >= 15 is 0 Å². The molecule has 0 spiro atoms. The number of pyridine rings is 2. The number of hydrogen-bond donors (Lipinski definition) is 1. The molecule has 0 saturated carbocycles. The maximum atomic E-state index is 12.8. The maximum absolute atomic E-state index is 12.8. The second-order valence-corrected chi connectivity index (χ2v) is 9.90. The molecular formula is C30H28N8O2. The van der Waals surface area contributed by atoms with E-state index in [4.69, 9.17) is 4.98 Å². The quantitative estimate of drug-likeness (QED) is 0.358. The summed E-state index contributed by atoms with van der Waals surface area (Å²) in [5.74, 6) is 0.574. The van der Waals surface area contributed by atoms with E-state index in [9.17, 15) is 15.2 Å². The topological polar surface area (TPSA) is 116 Å². The fourth-order valence-electron chi connectivity index (χ4n) is 5.16. The van der Waals surface area contributed by atoms with Gasteiger partial charge in [-0.05, 0) is 35.4 Å². The summed E-state index contributed by atoms with van der Waals surface area (Å²) >= 11 is 0. The fraction of sp³-hybridized carbons (Fsp3) is 0.233. The van der Waals surface area contributed by atoms with Crippen LogP contribution in [0.4, 0.5) is 5.82 Å². The van der Waals surface area contributed by atoms with Gasteiger partial charge >= 0.3 is 0 Å². The van der Waals surface area contributed by atoms with Crippen molar-refractivity contribution in [3.63, 3.8) is 0 Å². The van der Waals surface area contributed by atoms with Crippen molar-refractivity contribution in [2.24, 2.45) is 7.05 Å². The molecular weight excluding hydrogens is 504 g/mol. The third-order valence-corrected chi connectivity index (χ3v) is 7.28. The van der Waals surface area contributed by atoms with Crippen molar-refractivity contribution in [3.05, 3.63) is 90.6 Å². The largest absolute Gasteiger partial charge is 0.383 e. The lowest BCUT2D eigenvalue weighted by atomic mass is 10.1. The van der Waals surface area contributed by atoms with Gasteiger partial charge in [0.05, 0.1) is 18.1 Å². The number of nitrogens with zero attached hydrogens (tertiary/aromatic N) is 8. The molecule has 1 amide bonds. The molecule has 5 aromatic rings. The number of carbonyl (C=O) groups excluding carboxylic acids is 1. The van der Waals surface area contributed by atoms with Crippen molar-refractivity contribution in [2.75, 3.05) is 31.1 Å². The number of aliphatic hydroxyl groups is 1. The van der Waals surface area contributed by atoms with Crippen LogP contribution in [0.15, 0.2) is 79.4 Å². The Hall–Kier alpha value is -5.01. The highest BCUT2D eigenvalue weighted by Crippen LogP contribution is 2.30. The van der Waals surface area contributed by atoms with Crippen molar-refractivity contribution >= 4 is 17.4 Å². The summed E-state index contributed by atoms with van der Waals surface area (Å²) in [5.41, 5.74) is 5.63. The summed E-state index contributed by atoms with van der Waals surface area (Å²) in [7, 11) is 1.87. The van der Waals surface area contributed by atoms with E-state index in [0.717, 1.165) is 33.8 Å². The Morgan fingerprint density at radius 1 is 0.975 bits per heavy atom. The molecule has 1 aliphatic rings. The number of aromatic nitrogens is 5. The number of anilines is 1. The molecule has 0 unspecified atom stereocenters. The monoisotopic (exact) mass is 532 g/mol. The third kappa shape index (κ3) is 4.90. The normalized spacial score (nSPS) is 14.3. The number of benzene rings is 1. The lowest BCUT2D eigenvalue weighted by Gasteiger charge is -2.36. The molecule has 0 bridgehead atoms. The summed E-state index contributed by atoms with van der Waals surface area (Å²) in [6.07, 6.45) is 6.38. The minimum Gasteiger partial charge on any atom is -0.383 e. The van der Waals surface area contributed by atoms with E-state index in [1.165, 1.54) is 0 Å². The van der Waals surface area contributed by atoms with Crippen LogP contribution in [0, 0.1) is 11.3 Å². The number of imidazole rings is 1. The highest BCUT2D eigenvalue weighted by Gasteiger charge is 2.27. The Bertz CT molecular complexity index is 1690. The molecule has 1 N–H and O–H groups in total. The lowest BCUT2D eigenvalue weighted by Crippen LogP contribution is -2.52. The zero-order valence-electron chi connectivity index (χ0n) is 22.1. The van der Waals surface area contributed by atoms with Crippen LogP contribution in [-0.4, -0.2) is 72.3 Å². The number of fused-ring (bicyclic) bond motifs is 1. The van der Waals surface area contributed by atoms with Gasteiger partial charge in [0.15, 0.2) is 0 Å². The molecule has 4 aromatic heterocycles. The maximum Gasteiger partial charge on any atom is 0.251 e. The number of aryl methyl sites for hydroxylation is 1. The van der Waals surface area contributed by atoms with Crippen molar-refractivity contribution < 1.29 is 9.90 Å². The van der Waals surface area contributed by atoms with E-state index in [2.05, 4.69) is 21.1 Å². The van der Waals surface area contributed by atoms with E-state index in [1.54, 1.807) is 28.2 Å². The van der Waals surface area contributed by atoms with Crippen LogP contribution in [0.3, 0.4) is 0 Å². The molecule has 5 heterocycles. The van der Waals surface area contributed by atoms with E-state index in [0.29, 0.717) is 43.9 Å².